The molecule has 1 fully saturated rings. The van der Waals surface area contributed by atoms with E-state index in [-0.39, 0.29) is 0 Å². The molecule has 1 aromatic carbocycles. The van der Waals surface area contributed by atoms with Crippen LogP contribution < -0.4 is 14.8 Å². The Balaban J connectivity index is 1.98. The number of nitrogens with one attached hydrogen (secondary N) is 1. The minimum absolute atomic E-state index is 0.516. The summed E-state index contributed by atoms with van der Waals surface area (Å²) < 4.78 is 17.3. The van der Waals surface area contributed by atoms with Crippen LogP contribution in [-0.2, 0) is 11.3 Å². The summed E-state index contributed by atoms with van der Waals surface area (Å²) in [5.41, 5.74) is 1.19. The fraction of sp³-hybridized carbons (Fsp3) is 0.600. The van der Waals surface area contributed by atoms with Gasteiger partial charge in [0.2, 0.25) is 0 Å². The molecule has 1 aliphatic carbocycles. The topological polar surface area (TPSA) is 39.7 Å². The lowest BCUT2D eigenvalue weighted by Crippen LogP contribution is -2.15. The Bertz CT molecular complexity index is 435. The van der Waals surface area contributed by atoms with Gasteiger partial charge in [0, 0.05) is 19.2 Å². The lowest BCUT2D eigenvalue weighted by Gasteiger charge is -2.14. The molecule has 0 spiro atoms. The van der Waals surface area contributed by atoms with Gasteiger partial charge in [0.15, 0.2) is 11.5 Å². The van der Waals surface area contributed by atoms with E-state index in [1.807, 2.05) is 13.0 Å². The van der Waals surface area contributed by atoms with Gasteiger partial charge in [0.1, 0.15) is 6.61 Å². The number of hydrogen-bond acceptors (Lipinski definition) is 4. The Morgan fingerprint density at radius 3 is 2.75 bits per heavy atom. The van der Waals surface area contributed by atoms with Gasteiger partial charge in [0.05, 0.1) is 18.2 Å². The third-order valence-electron chi connectivity index (χ3n) is 3.14. The number of hydrogen-bond donors (Lipinski definition) is 1. The summed E-state index contributed by atoms with van der Waals surface area (Å²) in [6.07, 6.45) is 2.58. The van der Waals surface area contributed by atoms with E-state index >= 15 is 0 Å². The van der Waals surface area contributed by atoms with Crippen molar-refractivity contribution >= 4 is 15.9 Å². The summed E-state index contributed by atoms with van der Waals surface area (Å²) in [5.74, 6) is 1.49. The second kappa shape index (κ2) is 7.86. The molecule has 0 aromatic heterocycles. The molecule has 0 aliphatic heterocycles. The SMILES string of the molecule is CCOCCOc1c(Br)cc(CNC2CC2)cc1OC. The number of methoxy groups -OCH3 is 1. The van der Waals surface area contributed by atoms with Gasteiger partial charge >= 0.3 is 0 Å². The Labute approximate surface area is 128 Å². The molecule has 1 aliphatic rings. The first kappa shape index (κ1) is 15.6. The van der Waals surface area contributed by atoms with Gasteiger partial charge in [-0.15, -0.1) is 0 Å². The van der Waals surface area contributed by atoms with Gasteiger partial charge in [-0.05, 0) is 53.4 Å². The lowest BCUT2D eigenvalue weighted by molar-refractivity contribution is 0.108. The van der Waals surface area contributed by atoms with Gasteiger partial charge in [-0.3, -0.25) is 0 Å². The molecule has 1 saturated carbocycles. The summed E-state index contributed by atoms with van der Waals surface area (Å²) in [4.78, 5) is 0. The molecule has 0 saturated heterocycles. The van der Waals surface area contributed by atoms with Gasteiger partial charge in [-0.25, -0.2) is 0 Å². The van der Waals surface area contributed by atoms with E-state index in [2.05, 4.69) is 27.3 Å². The van der Waals surface area contributed by atoms with E-state index in [4.69, 9.17) is 14.2 Å². The molecule has 4 nitrogen and oxygen atoms in total. The zero-order valence-electron chi connectivity index (χ0n) is 12.1. The molecule has 0 amide bonds. The lowest BCUT2D eigenvalue weighted by atomic mass is 10.2. The standard InChI is InChI=1S/C15H22BrNO3/c1-3-19-6-7-20-15-13(16)8-11(9-14(15)18-2)10-17-12-4-5-12/h8-9,12,17H,3-7,10H2,1-2H3. The average Bonchev–Trinajstić information content (AvgIpc) is 3.26. The maximum absolute atomic E-state index is 5.74. The first-order valence-corrected chi connectivity index (χ1v) is 7.84. The number of ether oxygens (including phenoxy) is 3. The van der Waals surface area contributed by atoms with Crippen LogP contribution in [-0.4, -0.2) is 33.0 Å². The van der Waals surface area contributed by atoms with Gasteiger partial charge in [0.25, 0.3) is 0 Å². The molecule has 1 aromatic rings. The quantitative estimate of drug-likeness (QED) is 0.699. The summed E-state index contributed by atoms with van der Waals surface area (Å²) in [7, 11) is 1.66. The van der Waals surface area contributed by atoms with E-state index in [0.29, 0.717) is 25.9 Å². The summed E-state index contributed by atoms with van der Waals surface area (Å²) in [5, 5.41) is 3.49. The van der Waals surface area contributed by atoms with Crippen molar-refractivity contribution < 1.29 is 14.2 Å². The van der Waals surface area contributed by atoms with E-state index in [1.165, 1.54) is 18.4 Å². The molecule has 112 valence electrons. The highest BCUT2D eigenvalue weighted by Gasteiger charge is 2.20. The Morgan fingerprint density at radius 1 is 1.30 bits per heavy atom. The summed E-state index contributed by atoms with van der Waals surface area (Å²) in [6, 6.07) is 4.80. The highest BCUT2D eigenvalue weighted by atomic mass is 79.9. The van der Waals surface area contributed by atoms with Crippen LogP contribution in [0.3, 0.4) is 0 Å². The molecular weight excluding hydrogens is 322 g/mol. The first-order chi connectivity index (χ1) is 9.74. The molecule has 20 heavy (non-hydrogen) atoms. The van der Waals surface area contributed by atoms with Crippen molar-refractivity contribution in [1.29, 1.82) is 0 Å². The van der Waals surface area contributed by atoms with Gasteiger partial charge in [-0.1, -0.05) is 0 Å². The first-order valence-electron chi connectivity index (χ1n) is 7.05. The minimum Gasteiger partial charge on any atom is -0.493 e. The largest absolute Gasteiger partial charge is 0.493 e. The van der Waals surface area contributed by atoms with Crippen LogP contribution in [0.5, 0.6) is 11.5 Å². The van der Waals surface area contributed by atoms with Gasteiger partial charge < -0.3 is 19.5 Å². The predicted octanol–water partition coefficient (Wildman–Crippen LogP) is 3.13. The van der Waals surface area contributed by atoms with Crippen LogP contribution in [0.2, 0.25) is 0 Å². The van der Waals surface area contributed by atoms with E-state index in [9.17, 15) is 0 Å². The maximum Gasteiger partial charge on any atom is 0.175 e. The van der Waals surface area contributed by atoms with E-state index in [1.54, 1.807) is 7.11 Å². The highest BCUT2D eigenvalue weighted by Crippen LogP contribution is 2.36. The molecule has 0 heterocycles. The Hall–Kier alpha value is -0.780. The normalized spacial score (nSPS) is 14.3. The predicted molar refractivity (Wildman–Crippen MR) is 82.5 cm³/mol. The molecule has 0 bridgehead atoms. The molecule has 2 rings (SSSR count). The van der Waals surface area contributed by atoms with Crippen LogP contribution in [0.4, 0.5) is 0 Å². The van der Waals surface area contributed by atoms with Crippen molar-refractivity contribution in [2.45, 2.75) is 32.4 Å². The zero-order chi connectivity index (χ0) is 14.4. The van der Waals surface area contributed by atoms with Crippen LogP contribution in [0, 0.1) is 0 Å². The van der Waals surface area contributed by atoms with Crippen molar-refractivity contribution in [3.05, 3.63) is 22.2 Å². The Morgan fingerprint density at radius 2 is 2.10 bits per heavy atom. The van der Waals surface area contributed by atoms with Crippen LogP contribution in [0.25, 0.3) is 0 Å². The number of benzene rings is 1. The fourth-order valence-corrected chi connectivity index (χ4v) is 2.52. The van der Waals surface area contributed by atoms with Crippen LogP contribution in [0.1, 0.15) is 25.3 Å². The fourth-order valence-electron chi connectivity index (χ4n) is 1.91. The van der Waals surface area contributed by atoms with Crippen molar-refractivity contribution in [3.8, 4) is 11.5 Å². The third-order valence-corrected chi connectivity index (χ3v) is 3.73. The molecular formula is C15H22BrNO3. The molecule has 0 radical (unpaired) electrons. The second-order valence-corrected chi connectivity index (χ2v) is 5.66. The zero-order valence-corrected chi connectivity index (χ0v) is 13.7. The Kier molecular flexibility index (Phi) is 6.13. The molecule has 0 unspecified atom stereocenters. The minimum atomic E-state index is 0.516. The summed E-state index contributed by atoms with van der Waals surface area (Å²) >= 11 is 3.56. The smallest absolute Gasteiger partial charge is 0.175 e. The van der Waals surface area contributed by atoms with Crippen molar-refractivity contribution in [1.82, 2.24) is 5.32 Å². The van der Waals surface area contributed by atoms with Crippen molar-refractivity contribution in [2.24, 2.45) is 0 Å². The highest BCUT2D eigenvalue weighted by molar-refractivity contribution is 9.10. The molecule has 5 heteroatoms. The number of rotatable bonds is 9. The van der Waals surface area contributed by atoms with Crippen molar-refractivity contribution in [2.75, 3.05) is 26.9 Å². The summed E-state index contributed by atoms with van der Waals surface area (Å²) in [6.45, 7) is 4.63. The van der Waals surface area contributed by atoms with Crippen LogP contribution in [0.15, 0.2) is 16.6 Å². The monoisotopic (exact) mass is 343 g/mol. The maximum atomic E-state index is 5.74. The second-order valence-electron chi connectivity index (χ2n) is 4.81. The van der Waals surface area contributed by atoms with E-state index < -0.39 is 0 Å². The molecule has 1 N–H and O–H groups in total. The average molecular weight is 344 g/mol. The van der Waals surface area contributed by atoms with Crippen LogP contribution >= 0.6 is 15.9 Å². The molecule has 0 atom stereocenters. The van der Waals surface area contributed by atoms with Crippen molar-refractivity contribution in [3.63, 3.8) is 0 Å². The van der Waals surface area contributed by atoms with E-state index in [0.717, 1.165) is 22.5 Å². The third kappa shape index (κ3) is 4.65. The van der Waals surface area contributed by atoms with Gasteiger partial charge in [-0.2, -0.15) is 0 Å². The number of halogens is 1.